The molecule has 0 bridgehead atoms. The Morgan fingerprint density at radius 3 is 2.95 bits per heavy atom. The summed E-state index contributed by atoms with van der Waals surface area (Å²) in [6.45, 7) is 0.342. The summed E-state index contributed by atoms with van der Waals surface area (Å²) in [6.07, 6.45) is 1.58. The van der Waals surface area contributed by atoms with Crippen LogP contribution in [0, 0.1) is 0 Å². The minimum absolute atomic E-state index is 0.0274. The topological polar surface area (TPSA) is 68.3 Å². The molecule has 0 saturated heterocycles. The van der Waals surface area contributed by atoms with E-state index in [2.05, 4.69) is 20.9 Å². The van der Waals surface area contributed by atoms with Crippen molar-refractivity contribution in [3.05, 3.63) is 57.2 Å². The molecule has 114 valence electrons. The SMILES string of the molecule is O=c1c2cc(Br)ccc2nc(SCCO)n1Cc1ccco1. The Morgan fingerprint density at radius 2 is 2.23 bits per heavy atom. The maximum atomic E-state index is 12.8. The fourth-order valence-corrected chi connectivity index (χ4v) is 3.22. The van der Waals surface area contributed by atoms with Crippen LogP contribution in [0.2, 0.25) is 0 Å². The van der Waals surface area contributed by atoms with E-state index in [1.165, 1.54) is 11.8 Å². The molecular formula is C15H13BrN2O3S. The summed E-state index contributed by atoms with van der Waals surface area (Å²) in [4.78, 5) is 17.3. The van der Waals surface area contributed by atoms with Gasteiger partial charge in [0.1, 0.15) is 5.76 Å². The second-order valence-electron chi connectivity index (χ2n) is 4.60. The number of aliphatic hydroxyl groups is 1. The average molecular weight is 381 g/mol. The fraction of sp³-hybridized carbons (Fsp3) is 0.200. The maximum absolute atomic E-state index is 12.8. The van der Waals surface area contributed by atoms with E-state index >= 15 is 0 Å². The van der Waals surface area contributed by atoms with Crippen LogP contribution < -0.4 is 5.56 Å². The molecule has 0 atom stereocenters. The standard InChI is InChI=1S/C15H13BrN2O3S/c16-10-3-4-13-12(8-10)14(20)18(9-11-2-1-6-21-11)15(17-13)22-7-5-19/h1-4,6,8,19H,5,7,9H2. The Morgan fingerprint density at radius 1 is 1.36 bits per heavy atom. The number of thioether (sulfide) groups is 1. The van der Waals surface area contributed by atoms with Gasteiger partial charge in [-0.25, -0.2) is 4.98 Å². The largest absolute Gasteiger partial charge is 0.467 e. The molecule has 5 nitrogen and oxygen atoms in total. The second kappa shape index (κ2) is 6.68. The predicted molar refractivity (Wildman–Crippen MR) is 89.3 cm³/mol. The lowest BCUT2D eigenvalue weighted by Crippen LogP contribution is -2.24. The molecule has 3 aromatic rings. The van der Waals surface area contributed by atoms with Crippen LogP contribution in [0.25, 0.3) is 10.9 Å². The number of furan rings is 1. The summed E-state index contributed by atoms with van der Waals surface area (Å²) in [5.74, 6) is 1.16. The highest BCUT2D eigenvalue weighted by Gasteiger charge is 2.13. The molecule has 3 rings (SSSR count). The zero-order chi connectivity index (χ0) is 15.5. The first kappa shape index (κ1) is 15.3. The molecule has 0 spiro atoms. The molecule has 7 heteroatoms. The van der Waals surface area contributed by atoms with Crippen molar-refractivity contribution in [2.24, 2.45) is 0 Å². The monoisotopic (exact) mass is 380 g/mol. The lowest BCUT2D eigenvalue weighted by molar-refractivity contribution is 0.322. The molecule has 0 saturated carbocycles. The molecule has 1 N–H and O–H groups in total. The smallest absolute Gasteiger partial charge is 0.262 e. The molecule has 1 aromatic carbocycles. The molecule has 0 aliphatic rings. The van der Waals surface area contributed by atoms with Crippen molar-refractivity contribution in [1.82, 2.24) is 9.55 Å². The Kier molecular flexibility index (Phi) is 4.66. The van der Waals surface area contributed by atoms with Gasteiger partial charge in [-0.2, -0.15) is 0 Å². The van der Waals surface area contributed by atoms with Gasteiger partial charge in [-0.05, 0) is 30.3 Å². The van der Waals surface area contributed by atoms with Crippen LogP contribution in [-0.2, 0) is 6.54 Å². The predicted octanol–water partition coefficient (Wildman–Crippen LogP) is 2.88. The Labute approximate surface area is 139 Å². The first-order chi connectivity index (χ1) is 10.7. The second-order valence-corrected chi connectivity index (χ2v) is 6.58. The van der Waals surface area contributed by atoms with Gasteiger partial charge in [0, 0.05) is 10.2 Å². The number of hydrogen-bond acceptors (Lipinski definition) is 5. The summed E-state index contributed by atoms with van der Waals surface area (Å²) in [7, 11) is 0. The van der Waals surface area contributed by atoms with E-state index in [-0.39, 0.29) is 12.2 Å². The third-order valence-corrected chi connectivity index (χ3v) is 4.55. The van der Waals surface area contributed by atoms with Crippen LogP contribution in [0.15, 0.2) is 55.4 Å². The van der Waals surface area contributed by atoms with Gasteiger partial charge in [-0.15, -0.1) is 0 Å². The summed E-state index contributed by atoms with van der Waals surface area (Å²) in [5, 5.41) is 10.2. The normalized spacial score (nSPS) is 11.2. The van der Waals surface area contributed by atoms with Crippen LogP contribution in [-0.4, -0.2) is 27.0 Å². The number of rotatable bonds is 5. The number of aliphatic hydroxyl groups excluding tert-OH is 1. The lowest BCUT2D eigenvalue weighted by atomic mass is 10.2. The molecule has 0 unspecified atom stereocenters. The number of fused-ring (bicyclic) bond motifs is 1. The van der Waals surface area contributed by atoms with Crippen molar-refractivity contribution in [3.8, 4) is 0 Å². The van der Waals surface area contributed by atoms with Gasteiger partial charge in [0.05, 0.1) is 30.3 Å². The number of aromatic nitrogens is 2. The quantitative estimate of drug-likeness (QED) is 0.544. The lowest BCUT2D eigenvalue weighted by Gasteiger charge is -2.11. The maximum Gasteiger partial charge on any atom is 0.262 e. The number of benzene rings is 1. The minimum atomic E-state index is -0.122. The van der Waals surface area contributed by atoms with Gasteiger partial charge in [0.25, 0.3) is 5.56 Å². The van der Waals surface area contributed by atoms with Crippen LogP contribution in [0.1, 0.15) is 5.76 Å². The first-order valence-corrected chi connectivity index (χ1v) is 8.43. The molecule has 0 amide bonds. The Balaban J connectivity index is 2.16. The van der Waals surface area contributed by atoms with Gasteiger partial charge in [0.15, 0.2) is 5.16 Å². The van der Waals surface area contributed by atoms with Crippen molar-refractivity contribution in [2.45, 2.75) is 11.7 Å². The van der Waals surface area contributed by atoms with E-state index in [4.69, 9.17) is 9.52 Å². The molecule has 22 heavy (non-hydrogen) atoms. The molecule has 2 heterocycles. The zero-order valence-corrected chi connectivity index (χ0v) is 13.9. The van der Waals surface area contributed by atoms with Crippen molar-refractivity contribution in [2.75, 3.05) is 12.4 Å². The van der Waals surface area contributed by atoms with Crippen LogP contribution in [0.3, 0.4) is 0 Å². The van der Waals surface area contributed by atoms with E-state index in [1.54, 1.807) is 29.0 Å². The minimum Gasteiger partial charge on any atom is -0.467 e. The van der Waals surface area contributed by atoms with Crippen LogP contribution in [0.5, 0.6) is 0 Å². The van der Waals surface area contributed by atoms with Crippen molar-refractivity contribution in [1.29, 1.82) is 0 Å². The average Bonchev–Trinajstić information content (AvgIpc) is 3.02. The summed E-state index contributed by atoms with van der Waals surface area (Å²) < 4.78 is 7.74. The van der Waals surface area contributed by atoms with E-state index in [1.807, 2.05) is 12.1 Å². The van der Waals surface area contributed by atoms with Crippen molar-refractivity contribution >= 4 is 38.6 Å². The Bertz CT molecular complexity index is 846. The number of hydrogen-bond donors (Lipinski definition) is 1. The molecule has 0 radical (unpaired) electrons. The number of nitrogens with zero attached hydrogens (tertiary/aromatic N) is 2. The van der Waals surface area contributed by atoms with Gasteiger partial charge < -0.3 is 9.52 Å². The third kappa shape index (κ3) is 3.11. The Hall–Kier alpha value is -1.57. The van der Waals surface area contributed by atoms with E-state index in [0.717, 1.165) is 4.47 Å². The van der Waals surface area contributed by atoms with E-state index in [0.29, 0.717) is 34.1 Å². The highest BCUT2D eigenvalue weighted by molar-refractivity contribution is 9.10. The molecule has 0 fully saturated rings. The third-order valence-electron chi connectivity index (χ3n) is 3.10. The van der Waals surface area contributed by atoms with Crippen molar-refractivity contribution < 1.29 is 9.52 Å². The molecule has 2 aromatic heterocycles. The summed E-state index contributed by atoms with van der Waals surface area (Å²) in [6, 6.07) is 9.03. The van der Waals surface area contributed by atoms with Gasteiger partial charge in [-0.1, -0.05) is 27.7 Å². The highest BCUT2D eigenvalue weighted by Crippen LogP contribution is 2.21. The first-order valence-electron chi connectivity index (χ1n) is 6.65. The zero-order valence-electron chi connectivity index (χ0n) is 11.5. The van der Waals surface area contributed by atoms with Crippen molar-refractivity contribution in [3.63, 3.8) is 0 Å². The molecule has 0 aliphatic carbocycles. The van der Waals surface area contributed by atoms with E-state index < -0.39 is 0 Å². The molecule has 0 aliphatic heterocycles. The van der Waals surface area contributed by atoms with Gasteiger partial charge in [0.2, 0.25) is 0 Å². The van der Waals surface area contributed by atoms with Crippen LogP contribution >= 0.6 is 27.7 Å². The number of halogens is 1. The summed E-state index contributed by atoms with van der Waals surface area (Å²) >= 11 is 4.73. The van der Waals surface area contributed by atoms with Gasteiger partial charge >= 0.3 is 0 Å². The van der Waals surface area contributed by atoms with Crippen LogP contribution in [0.4, 0.5) is 0 Å². The summed E-state index contributed by atoms with van der Waals surface area (Å²) in [5.41, 5.74) is 0.521. The fourth-order valence-electron chi connectivity index (χ4n) is 2.12. The van der Waals surface area contributed by atoms with E-state index in [9.17, 15) is 4.79 Å². The molecular weight excluding hydrogens is 368 g/mol. The highest BCUT2D eigenvalue weighted by atomic mass is 79.9. The van der Waals surface area contributed by atoms with Gasteiger partial charge in [-0.3, -0.25) is 9.36 Å².